The van der Waals surface area contributed by atoms with Crippen molar-refractivity contribution < 1.29 is 9.18 Å². The molecule has 3 aromatic rings. The highest BCUT2D eigenvalue weighted by atomic mass is 19.1. The Labute approximate surface area is 181 Å². The molecule has 0 spiro atoms. The van der Waals surface area contributed by atoms with E-state index in [-0.39, 0.29) is 5.82 Å². The van der Waals surface area contributed by atoms with Gasteiger partial charge in [-0.1, -0.05) is 31.0 Å². The summed E-state index contributed by atoms with van der Waals surface area (Å²) >= 11 is 0. The van der Waals surface area contributed by atoms with E-state index in [0.717, 1.165) is 30.2 Å². The van der Waals surface area contributed by atoms with E-state index in [1.165, 1.54) is 31.7 Å². The average molecular weight is 420 g/mol. The van der Waals surface area contributed by atoms with Crippen molar-refractivity contribution in [3.63, 3.8) is 0 Å². The van der Waals surface area contributed by atoms with E-state index in [2.05, 4.69) is 25.7 Å². The monoisotopic (exact) mass is 419 g/mol. The highest BCUT2D eigenvalue weighted by molar-refractivity contribution is 6.00. The first-order valence-electron chi connectivity index (χ1n) is 10.6. The van der Waals surface area contributed by atoms with Gasteiger partial charge in [-0.25, -0.2) is 9.18 Å². The normalized spacial score (nSPS) is 14.1. The van der Waals surface area contributed by atoms with Gasteiger partial charge in [0.1, 0.15) is 5.82 Å². The fourth-order valence-corrected chi connectivity index (χ4v) is 3.67. The minimum atomic E-state index is -0.442. The topological polar surface area (TPSA) is 70.2 Å². The molecule has 2 heterocycles. The Bertz CT molecular complexity index is 1050. The molecule has 4 rings (SSSR count). The van der Waals surface area contributed by atoms with Gasteiger partial charge < -0.3 is 15.5 Å². The van der Waals surface area contributed by atoms with Crippen molar-refractivity contribution in [3.05, 3.63) is 66.0 Å². The predicted octanol–water partition coefficient (Wildman–Crippen LogP) is 5.62. The molecule has 0 aliphatic carbocycles. The van der Waals surface area contributed by atoms with Gasteiger partial charge in [0.2, 0.25) is 0 Å². The SMILES string of the molecule is Cc1ccc(NC(=O)Nc2cccc(-c3ccc(N4CCCCCC4)nn3)c2)cc1F. The minimum Gasteiger partial charge on any atom is -0.355 e. The molecular weight excluding hydrogens is 393 g/mol. The molecule has 1 aromatic heterocycles. The van der Waals surface area contributed by atoms with Crippen molar-refractivity contribution >= 4 is 23.2 Å². The van der Waals surface area contributed by atoms with Crippen LogP contribution in [-0.2, 0) is 0 Å². The Balaban J connectivity index is 1.42. The second-order valence-corrected chi connectivity index (χ2v) is 7.80. The molecular formula is C24H26FN5O. The zero-order chi connectivity index (χ0) is 21.6. The molecule has 1 saturated heterocycles. The summed E-state index contributed by atoms with van der Waals surface area (Å²) in [5, 5.41) is 14.2. The van der Waals surface area contributed by atoms with Gasteiger partial charge in [-0.05, 0) is 61.7 Å². The summed E-state index contributed by atoms with van der Waals surface area (Å²) in [5.74, 6) is 0.548. The molecule has 2 aromatic carbocycles. The number of nitrogens with zero attached hydrogens (tertiary/aromatic N) is 3. The molecule has 1 aliphatic rings. The maximum absolute atomic E-state index is 13.7. The Morgan fingerprint density at radius 2 is 1.65 bits per heavy atom. The molecule has 1 fully saturated rings. The molecule has 1 aliphatic heterocycles. The number of hydrogen-bond donors (Lipinski definition) is 2. The maximum atomic E-state index is 13.7. The number of aryl methyl sites for hydroxylation is 1. The number of carbonyl (C=O) groups excluding carboxylic acids is 1. The maximum Gasteiger partial charge on any atom is 0.323 e. The molecule has 0 unspecified atom stereocenters. The smallest absolute Gasteiger partial charge is 0.323 e. The molecule has 31 heavy (non-hydrogen) atoms. The van der Waals surface area contributed by atoms with E-state index in [4.69, 9.17) is 0 Å². The molecule has 160 valence electrons. The van der Waals surface area contributed by atoms with Crippen LogP contribution >= 0.6 is 0 Å². The zero-order valence-corrected chi connectivity index (χ0v) is 17.6. The highest BCUT2D eigenvalue weighted by Crippen LogP contribution is 2.23. The lowest BCUT2D eigenvalue weighted by Crippen LogP contribution is -2.25. The second kappa shape index (κ2) is 9.55. The fourth-order valence-electron chi connectivity index (χ4n) is 3.67. The predicted molar refractivity (Wildman–Crippen MR) is 122 cm³/mol. The summed E-state index contributed by atoms with van der Waals surface area (Å²) in [6, 6.07) is 15.5. The minimum absolute atomic E-state index is 0.359. The lowest BCUT2D eigenvalue weighted by Gasteiger charge is -2.20. The molecule has 2 N–H and O–H groups in total. The third-order valence-corrected chi connectivity index (χ3v) is 5.43. The summed E-state index contributed by atoms with van der Waals surface area (Å²) in [7, 11) is 0. The standard InChI is InChI=1S/C24H26FN5O/c1-17-9-10-20(16-21(17)25)27-24(31)26-19-8-6-7-18(15-19)22-11-12-23(29-28-22)30-13-4-2-3-5-14-30/h6-12,15-16H,2-5,13-14H2,1H3,(H2,26,27,31). The van der Waals surface area contributed by atoms with Gasteiger partial charge in [0, 0.05) is 30.0 Å². The van der Waals surface area contributed by atoms with Crippen LogP contribution in [0.3, 0.4) is 0 Å². The van der Waals surface area contributed by atoms with Crippen molar-refractivity contribution in [2.24, 2.45) is 0 Å². The Kier molecular flexibility index (Phi) is 6.40. The third kappa shape index (κ3) is 5.36. The van der Waals surface area contributed by atoms with E-state index in [1.807, 2.05) is 30.3 Å². The van der Waals surface area contributed by atoms with Crippen LogP contribution in [0, 0.1) is 12.7 Å². The van der Waals surface area contributed by atoms with Crippen LogP contribution in [0.5, 0.6) is 0 Å². The molecule has 0 radical (unpaired) electrons. The Morgan fingerprint density at radius 3 is 2.32 bits per heavy atom. The largest absolute Gasteiger partial charge is 0.355 e. The number of halogens is 1. The second-order valence-electron chi connectivity index (χ2n) is 7.80. The van der Waals surface area contributed by atoms with Crippen LogP contribution in [0.2, 0.25) is 0 Å². The molecule has 0 bridgehead atoms. The van der Waals surface area contributed by atoms with Gasteiger partial charge in [0.05, 0.1) is 5.69 Å². The van der Waals surface area contributed by atoms with Gasteiger partial charge in [-0.3, -0.25) is 0 Å². The lowest BCUT2D eigenvalue weighted by molar-refractivity contribution is 0.262. The number of hydrogen-bond acceptors (Lipinski definition) is 4. The summed E-state index contributed by atoms with van der Waals surface area (Å²) in [6.07, 6.45) is 4.92. The quantitative estimate of drug-likeness (QED) is 0.576. The number of nitrogens with one attached hydrogen (secondary N) is 2. The van der Waals surface area contributed by atoms with Crippen LogP contribution in [-0.4, -0.2) is 29.3 Å². The van der Waals surface area contributed by atoms with Gasteiger partial charge in [0.25, 0.3) is 0 Å². The molecule has 7 heteroatoms. The molecule has 6 nitrogen and oxygen atoms in total. The molecule has 2 amide bonds. The van der Waals surface area contributed by atoms with Crippen LogP contribution in [0.25, 0.3) is 11.3 Å². The fraction of sp³-hybridized carbons (Fsp3) is 0.292. The van der Waals surface area contributed by atoms with E-state index in [1.54, 1.807) is 25.1 Å². The summed E-state index contributed by atoms with van der Waals surface area (Å²) < 4.78 is 13.7. The first kappa shape index (κ1) is 20.8. The number of rotatable bonds is 4. The zero-order valence-electron chi connectivity index (χ0n) is 17.6. The third-order valence-electron chi connectivity index (χ3n) is 5.43. The van der Waals surface area contributed by atoms with Crippen molar-refractivity contribution in [1.82, 2.24) is 10.2 Å². The van der Waals surface area contributed by atoms with Gasteiger partial charge in [0.15, 0.2) is 5.82 Å². The van der Waals surface area contributed by atoms with Crippen molar-refractivity contribution in [2.75, 3.05) is 28.6 Å². The Hall–Kier alpha value is -3.48. The van der Waals surface area contributed by atoms with Crippen molar-refractivity contribution in [1.29, 1.82) is 0 Å². The van der Waals surface area contributed by atoms with Gasteiger partial charge in [-0.2, -0.15) is 0 Å². The summed E-state index contributed by atoms with van der Waals surface area (Å²) in [4.78, 5) is 14.6. The van der Waals surface area contributed by atoms with E-state index < -0.39 is 6.03 Å². The van der Waals surface area contributed by atoms with Crippen LogP contribution in [0.4, 0.5) is 26.4 Å². The Morgan fingerprint density at radius 1 is 0.903 bits per heavy atom. The number of anilines is 3. The number of aromatic nitrogens is 2. The number of urea groups is 1. The highest BCUT2D eigenvalue weighted by Gasteiger charge is 2.12. The van der Waals surface area contributed by atoms with E-state index >= 15 is 0 Å². The van der Waals surface area contributed by atoms with E-state index in [0.29, 0.717) is 16.9 Å². The first-order chi connectivity index (χ1) is 15.1. The number of amides is 2. The van der Waals surface area contributed by atoms with Crippen LogP contribution < -0.4 is 15.5 Å². The number of carbonyl (C=O) groups is 1. The molecule has 0 saturated carbocycles. The van der Waals surface area contributed by atoms with E-state index in [9.17, 15) is 9.18 Å². The average Bonchev–Trinajstić information content (AvgIpc) is 3.06. The lowest BCUT2D eigenvalue weighted by atomic mass is 10.1. The van der Waals surface area contributed by atoms with Crippen molar-refractivity contribution in [3.8, 4) is 11.3 Å². The number of benzene rings is 2. The first-order valence-corrected chi connectivity index (χ1v) is 10.6. The van der Waals surface area contributed by atoms with Gasteiger partial charge >= 0.3 is 6.03 Å². The van der Waals surface area contributed by atoms with Crippen molar-refractivity contribution in [2.45, 2.75) is 32.6 Å². The molecule has 0 atom stereocenters. The summed E-state index contributed by atoms with van der Waals surface area (Å²) in [6.45, 7) is 3.72. The van der Waals surface area contributed by atoms with Crippen LogP contribution in [0.1, 0.15) is 31.2 Å². The van der Waals surface area contributed by atoms with Gasteiger partial charge in [-0.15, -0.1) is 10.2 Å². The summed E-state index contributed by atoms with van der Waals surface area (Å²) in [5.41, 5.74) is 3.13. The van der Waals surface area contributed by atoms with Crippen LogP contribution in [0.15, 0.2) is 54.6 Å².